The molecule has 1 unspecified atom stereocenters. The Morgan fingerprint density at radius 2 is 1.82 bits per heavy atom. The van der Waals surface area contributed by atoms with Gasteiger partial charge in [0, 0.05) is 12.1 Å². The van der Waals surface area contributed by atoms with Gasteiger partial charge in [0.25, 0.3) is 5.91 Å². The molecule has 0 saturated heterocycles. The molecule has 1 aromatic heterocycles. The van der Waals surface area contributed by atoms with Crippen molar-refractivity contribution in [2.75, 3.05) is 6.54 Å². The third-order valence-electron chi connectivity index (χ3n) is 4.28. The Morgan fingerprint density at radius 3 is 2.32 bits per heavy atom. The molecule has 0 bridgehead atoms. The SMILES string of the molecule is CCCCN(C(=O)c1sc(C)nc1C)C(C(=O)NC(C)(C)C)c1ccccc1. The maximum atomic E-state index is 13.5. The quantitative estimate of drug-likeness (QED) is 0.734. The minimum Gasteiger partial charge on any atom is -0.349 e. The van der Waals surface area contributed by atoms with Crippen molar-refractivity contribution >= 4 is 23.2 Å². The third kappa shape index (κ3) is 5.64. The second-order valence-corrected chi connectivity index (χ2v) is 9.26. The van der Waals surface area contributed by atoms with Gasteiger partial charge in [-0.1, -0.05) is 43.7 Å². The largest absolute Gasteiger partial charge is 0.349 e. The van der Waals surface area contributed by atoms with Gasteiger partial charge in [-0.3, -0.25) is 9.59 Å². The smallest absolute Gasteiger partial charge is 0.266 e. The van der Waals surface area contributed by atoms with Gasteiger partial charge in [0.1, 0.15) is 10.9 Å². The molecule has 0 aliphatic rings. The van der Waals surface area contributed by atoms with Crippen LogP contribution in [0.15, 0.2) is 30.3 Å². The van der Waals surface area contributed by atoms with E-state index in [0.717, 1.165) is 29.1 Å². The van der Waals surface area contributed by atoms with Crippen LogP contribution in [0.2, 0.25) is 0 Å². The fourth-order valence-corrected chi connectivity index (χ4v) is 3.96. The lowest BCUT2D eigenvalue weighted by atomic mass is 10.0. The lowest BCUT2D eigenvalue weighted by Gasteiger charge is -2.33. The summed E-state index contributed by atoms with van der Waals surface area (Å²) < 4.78 is 0. The zero-order valence-electron chi connectivity index (χ0n) is 17.7. The van der Waals surface area contributed by atoms with Crippen molar-refractivity contribution in [3.63, 3.8) is 0 Å². The number of aryl methyl sites for hydroxylation is 2. The van der Waals surface area contributed by atoms with Crippen LogP contribution >= 0.6 is 11.3 Å². The molecule has 2 aromatic rings. The molecule has 6 heteroatoms. The first kappa shape index (κ1) is 22.1. The summed E-state index contributed by atoms with van der Waals surface area (Å²) in [6, 6.07) is 8.85. The van der Waals surface area contributed by atoms with Gasteiger partial charge in [0.15, 0.2) is 0 Å². The second kappa shape index (κ2) is 9.32. The summed E-state index contributed by atoms with van der Waals surface area (Å²) >= 11 is 1.39. The van der Waals surface area contributed by atoms with E-state index < -0.39 is 6.04 Å². The molecular formula is C22H31N3O2S. The number of amides is 2. The van der Waals surface area contributed by atoms with Crippen molar-refractivity contribution < 1.29 is 9.59 Å². The van der Waals surface area contributed by atoms with E-state index >= 15 is 0 Å². The minimum absolute atomic E-state index is 0.130. The third-order valence-corrected chi connectivity index (χ3v) is 5.35. The number of carbonyl (C=O) groups excluding carboxylic acids is 2. The first-order valence-corrected chi connectivity index (χ1v) is 10.6. The van der Waals surface area contributed by atoms with Crippen LogP contribution in [0.25, 0.3) is 0 Å². The van der Waals surface area contributed by atoms with E-state index in [1.807, 2.05) is 65.0 Å². The van der Waals surface area contributed by atoms with E-state index in [1.165, 1.54) is 11.3 Å². The Balaban J connectivity index is 2.50. The fraction of sp³-hybridized carbons (Fsp3) is 0.500. The summed E-state index contributed by atoms with van der Waals surface area (Å²) in [5, 5.41) is 3.91. The van der Waals surface area contributed by atoms with E-state index in [-0.39, 0.29) is 17.4 Å². The van der Waals surface area contributed by atoms with Crippen LogP contribution in [-0.2, 0) is 4.79 Å². The number of thiazole rings is 1. The second-order valence-electron chi connectivity index (χ2n) is 8.05. The van der Waals surface area contributed by atoms with Gasteiger partial charge >= 0.3 is 0 Å². The number of hydrogen-bond acceptors (Lipinski definition) is 4. The molecular weight excluding hydrogens is 370 g/mol. The topological polar surface area (TPSA) is 62.3 Å². The van der Waals surface area contributed by atoms with Crippen molar-refractivity contribution in [1.82, 2.24) is 15.2 Å². The molecule has 1 heterocycles. The average Bonchev–Trinajstić information content (AvgIpc) is 2.95. The van der Waals surface area contributed by atoms with Crippen molar-refractivity contribution in [3.8, 4) is 0 Å². The van der Waals surface area contributed by atoms with Crippen LogP contribution in [0.5, 0.6) is 0 Å². The molecule has 1 atom stereocenters. The Bertz CT molecular complexity index is 809. The summed E-state index contributed by atoms with van der Waals surface area (Å²) in [5.74, 6) is -0.295. The molecule has 5 nitrogen and oxygen atoms in total. The van der Waals surface area contributed by atoms with Gasteiger partial charge in [0.05, 0.1) is 10.7 Å². The molecule has 1 aromatic carbocycles. The maximum absolute atomic E-state index is 13.5. The highest BCUT2D eigenvalue weighted by molar-refractivity contribution is 7.13. The number of unbranched alkanes of at least 4 members (excludes halogenated alkanes) is 1. The summed E-state index contributed by atoms with van der Waals surface area (Å²) in [6.07, 6.45) is 1.77. The van der Waals surface area contributed by atoms with Crippen LogP contribution in [0.3, 0.4) is 0 Å². The molecule has 0 saturated carbocycles. The monoisotopic (exact) mass is 401 g/mol. The van der Waals surface area contributed by atoms with E-state index in [1.54, 1.807) is 4.90 Å². The fourth-order valence-electron chi connectivity index (χ4n) is 3.08. The van der Waals surface area contributed by atoms with E-state index in [0.29, 0.717) is 11.4 Å². The minimum atomic E-state index is -0.679. The van der Waals surface area contributed by atoms with Crippen molar-refractivity contribution in [2.45, 2.75) is 66.0 Å². The summed E-state index contributed by atoms with van der Waals surface area (Å²) in [6.45, 7) is 12.2. The van der Waals surface area contributed by atoms with Gasteiger partial charge < -0.3 is 10.2 Å². The molecule has 152 valence electrons. The highest BCUT2D eigenvalue weighted by Crippen LogP contribution is 2.28. The summed E-state index contributed by atoms with van der Waals surface area (Å²) in [7, 11) is 0. The van der Waals surface area contributed by atoms with Gasteiger partial charge in [-0.15, -0.1) is 11.3 Å². The zero-order chi connectivity index (χ0) is 20.9. The number of carbonyl (C=O) groups is 2. The Kier molecular flexibility index (Phi) is 7.35. The first-order chi connectivity index (χ1) is 13.1. The summed E-state index contributed by atoms with van der Waals surface area (Å²) in [4.78, 5) is 33.5. The van der Waals surface area contributed by atoms with Crippen LogP contribution < -0.4 is 5.32 Å². The predicted octanol–water partition coefficient (Wildman–Crippen LogP) is 4.66. The van der Waals surface area contributed by atoms with E-state index in [4.69, 9.17) is 0 Å². The molecule has 0 aliphatic heterocycles. The van der Waals surface area contributed by atoms with Crippen LogP contribution in [0.4, 0.5) is 0 Å². The molecule has 2 rings (SSSR count). The number of benzene rings is 1. The number of aromatic nitrogens is 1. The highest BCUT2D eigenvalue weighted by Gasteiger charge is 2.34. The first-order valence-electron chi connectivity index (χ1n) is 9.76. The molecule has 1 N–H and O–H groups in total. The van der Waals surface area contributed by atoms with Gasteiger partial charge in [0.2, 0.25) is 5.91 Å². The van der Waals surface area contributed by atoms with Crippen molar-refractivity contribution in [1.29, 1.82) is 0 Å². The van der Waals surface area contributed by atoms with Crippen LogP contribution in [-0.4, -0.2) is 33.8 Å². The molecule has 0 fully saturated rings. The standard InChI is InChI=1S/C22H31N3O2S/c1-7-8-14-25(21(27)19-15(2)23-16(3)28-19)18(17-12-10-9-11-13-17)20(26)24-22(4,5)6/h9-13,18H,7-8,14H2,1-6H3,(H,24,26). The number of hydrogen-bond donors (Lipinski definition) is 1. The number of rotatable bonds is 7. The maximum Gasteiger partial charge on any atom is 0.266 e. The number of nitrogens with zero attached hydrogens (tertiary/aromatic N) is 2. The molecule has 28 heavy (non-hydrogen) atoms. The van der Waals surface area contributed by atoms with Gasteiger partial charge in [-0.25, -0.2) is 4.98 Å². The highest BCUT2D eigenvalue weighted by atomic mass is 32.1. The normalized spacial score (nSPS) is 12.5. The molecule has 0 radical (unpaired) electrons. The Labute approximate surface area is 172 Å². The zero-order valence-corrected chi connectivity index (χ0v) is 18.5. The van der Waals surface area contributed by atoms with E-state index in [2.05, 4.69) is 17.2 Å². The van der Waals surface area contributed by atoms with Crippen molar-refractivity contribution in [2.24, 2.45) is 0 Å². The number of nitrogens with one attached hydrogen (secondary N) is 1. The predicted molar refractivity (Wildman–Crippen MR) is 115 cm³/mol. The Morgan fingerprint density at radius 1 is 1.18 bits per heavy atom. The van der Waals surface area contributed by atoms with E-state index in [9.17, 15) is 9.59 Å². The lowest BCUT2D eigenvalue weighted by molar-refractivity contribution is -0.127. The van der Waals surface area contributed by atoms with Gasteiger partial charge in [-0.05, 0) is 46.6 Å². The van der Waals surface area contributed by atoms with Crippen LogP contribution in [0, 0.1) is 13.8 Å². The average molecular weight is 402 g/mol. The lowest BCUT2D eigenvalue weighted by Crippen LogP contribution is -2.49. The molecule has 0 aliphatic carbocycles. The van der Waals surface area contributed by atoms with Crippen LogP contribution in [0.1, 0.15) is 72.5 Å². The molecule has 2 amide bonds. The molecule has 0 spiro atoms. The van der Waals surface area contributed by atoms with Crippen molar-refractivity contribution in [3.05, 3.63) is 51.5 Å². The summed E-state index contributed by atoms with van der Waals surface area (Å²) in [5.41, 5.74) is 1.14. The van der Waals surface area contributed by atoms with Gasteiger partial charge in [-0.2, -0.15) is 0 Å². The Hall–Kier alpha value is -2.21.